The molecule has 2 aliphatic heterocycles. The molecule has 2 saturated heterocycles. The van der Waals surface area contributed by atoms with Crippen molar-refractivity contribution in [3.63, 3.8) is 0 Å². The van der Waals surface area contributed by atoms with Gasteiger partial charge in [-0.1, -0.05) is 6.92 Å². The number of piperidine rings is 1. The van der Waals surface area contributed by atoms with Crippen LogP contribution in [0.3, 0.4) is 0 Å². The number of hydrogen-bond acceptors (Lipinski definition) is 10. The number of aryl methyl sites for hydroxylation is 5. The van der Waals surface area contributed by atoms with E-state index in [-0.39, 0.29) is 41.9 Å². The highest BCUT2D eigenvalue weighted by Crippen LogP contribution is 2.40. The molecule has 3 fully saturated rings. The van der Waals surface area contributed by atoms with Crippen LogP contribution < -0.4 is 20.9 Å². The number of benzene rings is 2. The first-order chi connectivity index (χ1) is 32.3. The number of nitrogens with two attached hydrogens (primary N) is 2. The first-order valence-corrected chi connectivity index (χ1v) is 23.4. The molecule has 8 aromatic rings. The van der Waals surface area contributed by atoms with E-state index in [2.05, 4.69) is 59.2 Å². The number of imidazole rings is 2. The molecule has 16 heteroatoms. The molecule has 348 valence electrons. The van der Waals surface area contributed by atoms with Crippen LogP contribution in [-0.2, 0) is 27.2 Å². The maximum absolute atomic E-state index is 13.4. The summed E-state index contributed by atoms with van der Waals surface area (Å²) >= 11 is 0. The first-order valence-electron chi connectivity index (χ1n) is 23.4. The molecule has 0 unspecified atom stereocenters. The molecule has 6 aromatic heterocycles. The quantitative estimate of drug-likeness (QED) is 0.163. The van der Waals surface area contributed by atoms with Crippen molar-refractivity contribution in [1.29, 1.82) is 0 Å². The van der Waals surface area contributed by atoms with Gasteiger partial charge in [0.15, 0.2) is 11.6 Å². The molecule has 2 aromatic carbocycles. The lowest BCUT2D eigenvalue weighted by Gasteiger charge is -2.27. The molecule has 11 rings (SSSR count). The average Bonchev–Trinajstić information content (AvgIpc) is 4.22. The summed E-state index contributed by atoms with van der Waals surface area (Å²) in [6, 6.07) is 20.0. The van der Waals surface area contributed by atoms with E-state index in [0.29, 0.717) is 35.1 Å². The minimum Gasteiger partial charge on any atom is -0.494 e. The molecular formula is C51H60N12O4. The van der Waals surface area contributed by atoms with Gasteiger partial charge < -0.3 is 49.0 Å². The normalized spacial score (nSPS) is 21.3. The summed E-state index contributed by atoms with van der Waals surface area (Å²) in [5.74, 6) is 3.53. The number of pyridine rings is 2. The van der Waals surface area contributed by atoms with Gasteiger partial charge in [0, 0.05) is 98.2 Å². The number of carbonyl (C=O) groups is 2. The molecule has 0 spiro atoms. The fourth-order valence-electron chi connectivity index (χ4n) is 11.1. The summed E-state index contributed by atoms with van der Waals surface area (Å²) < 4.78 is 19.9. The van der Waals surface area contributed by atoms with Crippen LogP contribution in [0.5, 0.6) is 11.5 Å². The van der Waals surface area contributed by atoms with Gasteiger partial charge in [0.05, 0.1) is 36.6 Å². The van der Waals surface area contributed by atoms with Crippen molar-refractivity contribution in [2.45, 2.75) is 84.7 Å². The van der Waals surface area contributed by atoms with Gasteiger partial charge in [-0.25, -0.2) is 19.9 Å². The molecular weight excluding hydrogens is 845 g/mol. The molecule has 0 radical (unpaired) electrons. The van der Waals surface area contributed by atoms with E-state index < -0.39 is 0 Å². The van der Waals surface area contributed by atoms with Gasteiger partial charge in [0.1, 0.15) is 33.8 Å². The summed E-state index contributed by atoms with van der Waals surface area (Å²) in [7, 11) is 7.23. The van der Waals surface area contributed by atoms with E-state index in [0.717, 1.165) is 105 Å². The van der Waals surface area contributed by atoms with Gasteiger partial charge in [-0.15, -0.1) is 0 Å². The van der Waals surface area contributed by atoms with Crippen molar-refractivity contribution in [2.24, 2.45) is 37.4 Å². The number of likely N-dealkylation sites (tertiary alicyclic amines) is 2. The molecule has 16 nitrogen and oxygen atoms in total. The number of methoxy groups -OCH3 is 2. The molecule has 2 bridgehead atoms. The maximum atomic E-state index is 13.4. The Labute approximate surface area is 389 Å². The number of aromatic nitrogens is 8. The molecule has 3 aliphatic rings. The Morgan fingerprint density at radius 3 is 1.78 bits per heavy atom. The lowest BCUT2D eigenvalue weighted by Crippen LogP contribution is -2.41. The summed E-state index contributed by atoms with van der Waals surface area (Å²) in [6.07, 6.45) is 3.91. The van der Waals surface area contributed by atoms with Crippen molar-refractivity contribution in [2.75, 3.05) is 27.3 Å². The lowest BCUT2D eigenvalue weighted by molar-refractivity contribution is 0.0699. The topological polar surface area (TPSA) is 182 Å². The van der Waals surface area contributed by atoms with Crippen molar-refractivity contribution in [3.8, 4) is 34.5 Å². The molecule has 67 heavy (non-hydrogen) atoms. The van der Waals surface area contributed by atoms with E-state index in [1.165, 1.54) is 0 Å². The second-order valence-electron chi connectivity index (χ2n) is 18.6. The van der Waals surface area contributed by atoms with Crippen molar-refractivity contribution in [1.82, 2.24) is 48.0 Å². The second-order valence-corrected chi connectivity index (χ2v) is 18.6. The fourth-order valence-corrected chi connectivity index (χ4v) is 11.1. The number of nitrogens with zero attached hydrogens (tertiary/aromatic N) is 10. The predicted molar refractivity (Wildman–Crippen MR) is 261 cm³/mol. The van der Waals surface area contributed by atoms with Crippen molar-refractivity contribution < 1.29 is 19.1 Å². The van der Waals surface area contributed by atoms with Gasteiger partial charge in [-0.3, -0.25) is 9.59 Å². The van der Waals surface area contributed by atoms with Crippen LogP contribution in [0.1, 0.15) is 66.9 Å². The minimum atomic E-state index is -0.0398. The van der Waals surface area contributed by atoms with E-state index in [1.807, 2.05) is 89.5 Å². The van der Waals surface area contributed by atoms with E-state index in [1.54, 1.807) is 14.2 Å². The Morgan fingerprint density at radius 2 is 1.27 bits per heavy atom. The van der Waals surface area contributed by atoms with Crippen LogP contribution in [0.25, 0.3) is 67.2 Å². The van der Waals surface area contributed by atoms with E-state index in [9.17, 15) is 9.59 Å². The third-order valence-corrected chi connectivity index (χ3v) is 14.8. The smallest absolute Gasteiger partial charge is 0.254 e. The van der Waals surface area contributed by atoms with Crippen molar-refractivity contribution >= 4 is 55.9 Å². The van der Waals surface area contributed by atoms with Gasteiger partial charge >= 0.3 is 0 Å². The zero-order valence-electron chi connectivity index (χ0n) is 39.8. The Morgan fingerprint density at radius 1 is 0.701 bits per heavy atom. The van der Waals surface area contributed by atoms with Gasteiger partial charge in [-0.2, -0.15) is 0 Å². The lowest BCUT2D eigenvalue weighted by atomic mass is 10.0. The van der Waals surface area contributed by atoms with Gasteiger partial charge in [-0.05, 0) is 113 Å². The number of amides is 2. The summed E-state index contributed by atoms with van der Waals surface area (Å²) in [6.45, 7) is 13.2. The van der Waals surface area contributed by atoms with Crippen LogP contribution in [0.2, 0.25) is 0 Å². The van der Waals surface area contributed by atoms with Crippen molar-refractivity contribution in [3.05, 3.63) is 83.7 Å². The molecule has 1 aliphatic carbocycles. The number of ether oxygens (including phenoxy) is 2. The SMILES string of the molecule is CCn1c(-c2nc3cc(C(=O)N4C[C@@H](C)[C@@H](N)[C@H]4C)cc(OC)c3n2C)cc2ccc(C)nc21.CCn1c(-c2nc3cc(C(=O)N4C[C@H]5CC[C@@H]4[C@@H]5N)cc(OC)c3n2C)cc2cccnc21. The molecule has 8 heterocycles. The Bertz CT molecular complexity index is 3250. The molecule has 6 atom stereocenters. The number of hydrogen-bond donors (Lipinski definition) is 2. The summed E-state index contributed by atoms with van der Waals surface area (Å²) in [4.78, 5) is 49.9. The highest BCUT2D eigenvalue weighted by molar-refractivity contribution is 6.02. The first kappa shape index (κ1) is 44.1. The highest BCUT2D eigenvalue weighted by Gasteiger charge is 2.47. The van der Waals surface area contributed by atoms with E-state index >= 15 is 0 Å². The van der Waals surface area contributed by atoms with Crippen LogP contribution in [-0.4, -0.2) is 111 Å². The number of fused-ring (bicyclic) bond motifs is 6. The maximum Gasteiger partial charge on any atom is 0.254 e. The van der Waals surface area contributed by atoms with Gasteiger partial charge in [0.25, 0.3) is 11.8 Å². The fraction of sp³-hybridized carbons (Fsp3) is 0.412. The third kappa shape index (κ3) is 7.02. The summed E-state index contributed by atoms with van der Waals surface area (Å²) in [5, 5.41) is 2.15. The average molecular weight is 905 g/mol. The van der Waals surface area contributed by atoms with Crippen LogP contribution in [0, 0.1) is 18.8 Å². The number of carbonyl (C=O) groups excluding carboxylic acids is 2. The summed E-state index contributed by atoms with van der Waals surface area (Å²) in [5.41, 5.74) is 21.8. The Hall–Kier alpha value is -6.78. The Kier molecular flexibility index (Phi) is 11.1. The largest absolute Gasteiger partial charge is 0.494 e. The van der Waals surface area contributed by atoms with E-state index in [4.69, 9.17) is 35.9 Å². The predicted octanol–water partition coefficient (Wildman–Crippen LogP) is 6.91. The highest BCUT2D eigenvalue weighted by atomic mass is 16.5. The van der Waals surface area contributed by atoms with Gasteiger partial charge in [0.2, 0.25) is 0 Å². The zero-order valence-corrected chi connectivity index (χ0v) is 39.8. The molecule has 1 saturated carbocycles. The third-order valence-electron chi connectivity index (χ3n) is 14.8. The minimum absolute atomic E-state index is 0.0110. The van der Waals surface area contributed by atoms with Crippen LogP contribution >= 0.6 is 0 Å². The molecule has 2 amide bonds. The zero-order chi connectivity index (χ0) is 47.2. The number of rotatable bonds is 8. The monoisotopic (exact) mass is 904 g/mol. The second kappa shape index (κ2) is 16.8. The standard InChI is InChI=1S/C26H32N6O2.C25H28N6O2/c1-7-31-20(11-17-9-8-15(3)28-24(17)31)25-29-19-10-18(12-21(34-6)23(19)30(25)5)26(33)32-13-14(2)22(27)16(32)4;1-4-30-19(11-14-6-5-9-27-23(14)30)24-28-17-10-16(12-20(33-3)22(17)29(24)2)25(32)31-13-15-7-8-18(31)21(15)26/h8-12,14,16,22H,7,13,27H2,1-6H3;5-6,9-12,15,18,21H,4,7-8,13,26H2,1-3H3/t14-,16-,22-;15-,18-,21-/m11/s1. The molecule has 4 N–H and O–H groups in total. The Balaban J connectivity index is 0.000000157. The van der Waals surface area contributed by atoms with Crippen LogP contribution in [0.15, 0.2) is 66.9 Å². The van der Waals surface area contributed by atoms with Crippen LogP contribution in [0.4, 0.5) is 0 Å².